The molecule has 2 heterocycles. The van der Waals surface area contributed by atoms with Crippen molar-refractivity contribution in [2.24, 2.45) is 0 Å². The fourth-order valence-electron chi connectivity index (χ4n) is 3.13. The van der Waals surface area contributed by atoms with Gasteiger partial charge in [0.1, 0.15) is 5.82 Å². The first-order valence-corrected chi connectivity index (χ1v) is 7.95. The minimum absolute atomic E-state index is 0.145. The summed E-state index contributed by atoms with van der Waals surface area (Å²) in [5.74, 6) is 0.132. The number of morpholine rings is 1. The fourth-order valence-corrected chi connectivity index (χ4v) is 3.13. The van der Waals surface area contributed by atoms with Crippen molar-refractivity contribution in [3.63, 3.8) is 0 Å². The zero-order valence-corrected chi connectivity index (χ0v) is 14.0. The molecule has 1 aromatic carbocycles. The molecular weight excluding hydrogens is 310 g/mol. The van der Waals surface area contributed by atoms with Gasteiger partial charge in [-0.3, -0.25) is 9.69 Å². The Morgan fingerprint density at radius 1 is 1.38 bits per heavy atom. The van der Waals surface area contributed by atoms with Gasteiger partial charge in [0.2, 0.25) is 0 Å². The van der Waals surface area contributed by atoms with E-state index in [0.29, 0.717) is 28.8 Å². The lowest BCUT2D eigenvalue weighted by molar-refractivity contribution is -0.0710. The number of hydrogen-bond donors (Lipinski definition) is 1. The highest BCUT2D eigenvalue weighted by Crippen LogP contribution is 2.15. The molecule has 128 valence electrons. The smallest absolute Gasteiger partial charge is 0.337 e. The summed E-state index contributed by atoms with van der Waals surface area (Å²) in [6.07, 6.45) is 0.290. The van der Waals surface area contributed by atoms with Gasteiger partial charge in [0.05, 0.1) is 42.3 Å². The van der Waals surface area contributed by atoms with Crippen molar-refractivity contribution >= 4 is 16.9 Å². The number of ether oxygens (including phenoxy) is 2. The Bertz CT molecular complexity index is 807. The van der Waals surface area contributed by atoms with Gasteiger partial charge < -0.3 is 14.5 Å². The topological polar surface area (TPSA) is 84.5 Å². The third-order valence-electron chi connectivity index (χ3n) is 4.05. The third kappa shape index (κ3) is 3.47. The molecule has 1 aromatic heterocycles. The number of nitrogens with one attached hydrogen (secondary N) is 1. The molecule has 0 bridgehead atoms. The van der Waals surface area contributed by atoms with E-state index < -0.39 is 5.97 Å². The van der Waals surface area contributed by atoms with Crippen LogP contribution in [0.5, 0.6) is 0 Å². The van der Waals surface area contributed by atoms with Crippen LogP contribution in [0.1, 0.15) is 30.0 Å². The van der Waals surface area contributed by atoms with Gasteiger partial charge in [0.15, 0.2) is 0 Å². The van der Waals surface area contributed by atoms with Crippen molar-refractivity contribution in [3.8, 4) is 0 Å². The minimum atomic E-state index is -0.448. The van der Waals surface area contributed by atoms with Gasteiger partial charge >= 0.3 is 5.97 Å². The fraction of sp³-hybridized carbons (Fsp3) is 0.471. The van der Waals surface area contributed by atoms with E-state index in [1.807, 2.05) is 13.8 Å². The molecule has 1 fully saturated rings. The SMILES string of the molecule is COC(=O)c1ccc2c(=O)[nH]c(CN3C[C@H](C)O[C@@H](C)C3)nc2c1. The van der Waals surface area contributed by atoms with Crippen molar-refractivity contribution in [1.82, 2.24) is 14.9 Å². The second-order valence-corrected chi connectivity index (χ2v) is 6.19. The minimum Gasteiger partial charge on any atom is -0.465 e. The molecule has 24 heavy (non-hydrogen) atoms. The lowest BCUT2D eigenvalue weighted by Gasteiger charge is -2.34. The van der Waals surface area contributed by atoms with Gasteiger partial charge in [0, 0.05) is 13.1 Å². The summed E-state index contributed by atoms with van der Waals surface area (Å²) in [6, 6.07) is 4.75. The normalized spacial score (nSPS) is 21.8. The van der Waals surface area contributed by atoms with Crippen molar-refractivity contribution in [2.45, 2.75) is 32.6 Å². The van der Waals surface area contributed by atoms with Crippen molar-refractivity contribution in [2.75, 3.05) is 20.2 Å². The first-order chi connectivity index (χ1) is 11.5. The molecule has 7 nitrogen and oxygen atoms in total. The standard InChI is InChI=1S/C17H21N3O4/c1-10-7-20(8-11(2)24-10)9-15-18-14-6-12(17(22)23-3)4-5-13(14)16(21)19-15/h4-6,10-11H,7-9H2,1-3H3,(H,18,19,21)/t10-,11-/m0/s1. The number of carbonyl (C=O) groups is 1. The summed E-state index contributed by atoms with van der Waals surface area (Å²) >= 11 is 0. The van der Waals surface area contributed by atoms with Gasteiger partial charge in [-0.05, 0) is 32.0 Å². The van der Waals surface area contributed by atoms with E-state index in [1.54, 1.807) is 18.2 Å². The summed E-state index contributed by atoms with van der Waals surface area (Å²) < 4.78 is 10.4. The van der Waals surface area contributed by atoms with Crippen LogP contribution >= 0.6 is 0 Å². The van der Waals surface area contributed by atoms with E-state index in [9.17, 15) is 9.59 Å². The monoisotopic (exact) mass is 331 g/mol. The molecule has 2 aromatic rings. The summed E-state index contributed by atoms with van der Waals surface area (Å²) in [5, 5.41) is 0.454. The Hall–Kier alpha value is -2.25. The van der Waals surface area contributed by atoms with Gasteiger partial charge in [-0.1, -0.05) is 0 Å². The van der Waals surface area contributed by atoms with Crippen LogP contribution in [0.15, 0.2) is 23.0 Å². The van der Waals surface area contributed by atoms with Crippen LogP contribution in [-0.4, -0.2) is 53.2 Å². The number of benzene rings is 1. The van der Waals surface area contributed by atoms with Gasteiger partial charge in [-0.25, -0.2) is 9.78 Å². The quantitative estimate of drug-likeness (QED) is 0.854. The molecule has 7 heteroatoms. The number of hydrogen-bond acceptors (Lipinski definition) is 6. The van der Waals surface area contributed by atoms with Gasteiger partial charge in [-0.2, -0.15) is 0 Å². The summed E-state index contributed by atoms with van der Waals surface area (Å²) in [7, 11) is 1.32. The average molecular weight is 331 g/mol. The maximum absolute atomic E-state index is 12.3. The number of fused-ring (bicyclic) bond motifs is 1. The molecule has 0 unspecified atom stereocenters. The maximum Gasteiger partial charge on any atom is 0.337 e. The van der Waals surface area contributed by atoms with E-state index in [2.05, 4.69) is 14.9 Å². The van der Waals surface area contributed by atoms with E-state index in [4.69, 9.17) is 9.47 Å². The molecule has 0 radical (unpaired) electrons. The van der Waals surface area contributed by atoms with Crippen molar-refractivity contribution in [1.29, 1.82) is 0 Å². The predicted octanol–water partition coefficient (Wildman–Crippen LogP) is 1.32. The number of H-pyrrole nitrogens is 1. The van der Waals surface area contributed by atoms with Crippen molar-refractivity contribution in [3.05, 3.63) is 39.9 Å². The zero-order valence-electron chi connectivity index (χ0n) is 14.0. The molecule has 2 atom stereocenters. The molecule has 0 saturated carbocycles. The first kappa shape index (κ1) is 16.6. The van der Waals surface area contributed by atoms with Crippen LogP contribution < -0.4 is 5.56 Å². The Morgan fingerprint density at radius 3 is 2.75 bits per heavy atom. The lowest BCUT2D eigenvalue weighted by Crippen LogP contribution is -2.45. The largest absolute Gasteiger partial charge is 0.465 e. The number of rotatable bonds is 3. The van der Waals surface area contributed by atoms with Crippen LogP contribution in [0.25, 0.3) is 10.9 Å². The Balaban J connectivity index is 1.91. The van der Waals surface area contributed by atoms with Crippen LogP contribution in [-0.2, 0) is 16.0 Å². The molecule has 0 amide bonds. The number of methoxy groups -OCH3 is 1. The molecule has 1 N–H and O–H groups in total. The highest BCUT2D eigenvalue weighted by atomic mass is 16.5. The molecule has 1 saturated heterocycles. The molecule has 0 aliphatic carbocycles. The first-order valence-electron chi connectivity index (χ1n) is 7.95. The second kappa shape index (κ2) is 6.70. The zero-order chi connectivity index (χ0) is 17.3. The molecular formula is C17H21N3O4. The Morgan fingerprint density at radius 2 is 2.08 bits per heavy atom. The molecule has 1 aliphatic heterocycles. The van der Waals surface area contributed by atoms with E-state index in [1.165, 1.54) is 7.11 Å². The van der Waals surface area contributed by atoms with E-state index in [-0.39, 0.29) is 17.8 Å². The summed E-state index contributed by atoms with van der Waals surface area (Å²) in [6.45, 7) is 6.16. The van der Waals surface area contributed by atoms with Gasteiger partial charge in [-0.15, -0.1) is 0 Å². The molecule has 1 aliphatic rings. The maximum atomic E-state index is 12.3. The number of aromatic amines is 1. The predicted molar refractivity (Wildman–Crippen MR) is 89.0 cm³/mol. The van der Waals surface area contributed by atoms with E-state index >= 15 is 0 Å². The van der Waals surface area contributed by atoms with Crippen molar-refractivity contribution < 1.29 is 14.3 Å². The second-order valence-electron chi connectivity index (χ2n) is 6.19. The average Bonchev–Trinajstić information content (AvgIpc) is 2.52. The number of aromatic nitrogens is 2. The van der Waals surface area contributed by atoms with Gasteiger partial charge in [0.25, 0.3) is 5.56 Å². The molecule has 3 rings (SSSR count). The Labute approximate surface area is 139 Å². The summed E-state index contributed by atoms with van der Waals surface area (Å²) in [5.41, 5.74) is 0.662. The third-order valence-corrected chi connectivity index (χ3v) is 4.05. The highest BCUT2D eigenvalue weighted by molar-refractivity contribution is 5.93. The van der Waals surface area contributed by atoms with Crippen LogP contribution in [0.4, 0.5) is 0 Å². The number of esters is 1. The number of carbonyl (C=O) groups excluding carboxylic acids is 1. The van der Waals surface area contributed by atoms with Crippen LogP contribution in [0.2, 0.25) is 0 Å². The van der Waals surface area contributed by atoms with Crippen LogP contribution in [0.3, 0.4) is 0 Å². The van der Waals surface area contributed by atoms with Crippen LogP contribution in [0, 0.1) is 0 Å². The number of nitrogens with zero attached hydrogens (tertiary/aromatic N) is 2. The summed E-state index contributed by atoms with van der Waals surface area (Å²) in [4.78, 5) is 33.5. The highest BCUT2D eigenvalue weighted by Gasteiger charge is 2.23. The lowest BCUT2D eigenvalue weighted by atomic mass is 10.1. The Kier molecular flexibility index (Phi) is 4.64. The van der Waals surface area contributed by atoms with E-state index in [0.717, 1.165) is 13.1 Å². The molecule has 0 spiro atoms.